The highest BCUT2D eigenvalue weighted by Crippen LogP contribution is 2.25. The quantitative estimate of drug-likeness (QED) is 0.737. The van der Waals surface area contributed by atoms with Crippen LogP contribution in [0.3, 0.4) is 0 Å². The van der Waals surface area contributed by atoms with Gasteiger partial charge in [0.05, 0.1) is 23.6 Å². The van der Waals surface area contributed by atoms with E-state index in [1.807, 2.05) is 36.6 Å². The number of nitrogens with two attached hydrogens (primary N) is 1. The molecule has 3 N–H and O–H groups in total. The van der Waals surface area contributed by atoms with Gasteiger partial charge in [-0.25, -0.2) is 19.9 Å². The van der Waals surface area contributed by atoms with E-state index in [4.69, 9.17) is 5.73 Å². The fourth-order valence-electron chi connectivity index (χ4n) is 1.93. The van der Waals surface area contributed by atoms with Crippen molar-refractivity contribution < 1.29 is 4.79 Å². The summed E-state index contributed by atoms with van der Waals surface area (Å²) in [5.41, 5.74) is 9.05. The lowest BCUT2D eigenvalue weighted by Crippen LogP contribution is -2.21. The van der Waals surface area contributed by atoms with Crippen LogP contribution in [-0.2, 0) is 4.79 Å². The second-order valence-electron chi connectivity index (χ2n) is 4.74. The summed E-state index contributed by atoms with van der Waals surface area (Å²) >= 11 is 1.33. The zero-order valence-corrected chi connectivity index (χ0v) is 14.4. The minimum Gasteiger partial charge on any atom is -0.322 e. The first kappa shape index (κ1) is 17.9. The molecule has 0 aromatic carbocycles. The van der Waals surface area contributed by atoms with E-state index in [-0.39, 0.29) is 24.9 Å². The van der Waals surface area contributed by atoms with Gasteiger partial charge in [-0.1, -0.05) is 6.07 Å². The number of aromatic nitrogens is 4. The number of amides is 1. The number of carbonyl (C=O) groups is 1. The van der Waals surface area contributed by atoms with Crippen LogP contribution in [0.2, 0.25) is 0 Å². The minimum atomic E-state index is -0.274. The molecule has 3 rings (SSSR count). The van der Waals surface area contributed by atoms with Crippen molar-refractivity contribution in [3.63, 3.8) is 0 Å². The monoisotopic (exact) mass is 362 g/mol. The van der Waals surface area contributed by atoms with Crippen molar-refractivity contribution in [2.75, 3.05) is 11.9 Å². The van der Waals surface area contributed by atoms with E-state index in [9.17, 15) is 4.79 Å². The van der Waals surface area contributed by atoms with Crippen LogP contribution in [0.4, 0.5) is 5.13 Å². The standard InChI is InChI=1S/C15H14N6OS.ClH/c1-9-5-12(18-8-17-9)10-3-2-4-11(19-10)13-7-23-15(20-13)21-14(22)6-16;/h2-5,7-8H,6,16H2,1H3,(H,20,21,22);1H. The smallest absolute Gasteiger partial charge is 0.239 e. The van der Waals surface area contributed by atoms with Crippen LogP contribution in [0, 0.1) is 6.92 Å². The molecule has 0 radical (unpaired) electrons. The number of hydrogen-bond acceptors (Lipinski definition) is 7. The van der Waals surface area contributed by atoms with Gasteiger partial charge in [0, 0.05) is 11.1 Å². The average Bonchev–Trinajstić information content (AvgIpc) is 3.03. The Balaban J connectivity index is 0.00000208. The Hall–Kier alpha value is -2.42. The molecule has 24 heavy (non-hydrogen) atoms. The second-order valence-corrected chi connectivity index (χ2v) is 5.60. The second kappa shape index (κ2) is 7.91. The number of thiazole rings is 1. The SMILES string of the molecule is Cc1cc(-c2cccc(-c3csc(NC(=O)CN)n3)n2)ncn1.Cl. The summed E-state index contributed by atoms with van der Waals surface area (Å²) in [6, 6.07) is 7.52. The molecule has 124 valence electrons. The maximum Gasteiger partial charge on any atom is 0.239 e. The number of aryl methyl sites for hydroxylation is 1. The van der Waals surface area contributed by atoms with Gasteiger partial charge >= 0.3 is 0 Å². The number of carbonyl (C=O) groups excluding carboxylic acids is 1. The first-order chi connectivity index (χ1) is 11.2. The van der Waals surface area contributed by atoms with Gasteiger partial charge in [-0.2, -0.15) is 0 Å². The van der Waals surface area contributed by atoms with Crippen LogP contribution in [0.5, 0.6) is 0 Å². The molecule has 0 atom stereocenters. The van der Waals surface area contributed by atoms with Gasteiger partial charge in [-0.05, 0) is 25.1 Å². The zero-order chi connectivity index (χ0) is 16.2. The molecule has 3 aromatic rings. The molecule has 3 aromatic heterocycles. The summed E-state index contributed by atoms with van der Waals surface area (Å²) in [6.07, 6.45) is 1.52. The molecule has 9 heteroatoms. The molecule has 0 bridgehead atoms. The third kappa shape index (κ3) is 4.10. The number of nitrogens with one attached hydrogen (secondary N) is 1. The Morgan fingerprint density at radius 3 is 2.62 bits per heavy atom. The average molecular weight is 363 g/mol. The van der Waals surface area contributed by atoms with E-state index in [0.29, 0.717) is 16.5 Å². The van der Waals surface area contributed by atoms with Crippen molar-refractivity contribution in [1.82, 2.24) is 19.9 Å². The lowest BCUT2D eigenvalue weighted by atomic mass is 10.2. The maximum absolute atomic E-state index is 11.3. The number of halogens is 1. The molecule has 1 amide bonds. The predicted octanol–water partition coefficient (Wildman–Crippen LogP) is 2.29. The van der Waals surface area contributed by atoms with Gasteiger partial charge in [0.1, 0.15) is 12.0 Å². The molecule has 0 aliphatic heterocycles. The van der Waals surface area contributed by atoms with Crippen molar-refractivity contribution in [2.45, 2.75) is 6.92 Å². The van der Waals surface area contributed by atoms with Crippen LogP contribution in [0.25, 0.3) is 22.8 Å². The van der Waals surface area contributed by atoms with Crippen LogP contribution in [0.1, 0.15) is 5.69 Å². The lowest BCUT2D eigenvalue weighted by molar-refractivity contribution is -0.114. The van der Waals surface area contributed by atoms with Crippen molar-refractivity contribution in [2.24, 2.45) is 5.73 Å². The molecule has 0 aliphatic carbocycles. The van der Waals surface area contributed by atoms with E-state index in [1.54, 1.807) is 0 Å². The molecular weight excluding hydrogens is 348 g/mol. The summed E-state index contributed by atoms with van der Waals surface area (Å²) in [7, 11) is 0. The molecule has 0 saturated heterocycles. The van der Waals surface area contributed by atoms with Gasteiger partial charge in [0.2, 0.25) is 5.91 Å². The summed E-state index contributed by atoms with van der Waals surface area (Å²) in [5, 5.41) is 4.97. The Labute approximate surface area is 148 Å². The van der Waals surface area contributed by atoms with Crippen molar-refractivity contribution in [3.05, 3.63) is 41.7 Å². The van der Waals surface area contributed by atoms with E-state index in [1.165, 1.54) is 17.7 Å². The third-order valence-electron chi connectivity index (χ3n) is 3.01. The lowest BCUT2D eigenvalue weighted by Gasteiger charge is -2.03. The molecular formula is C15H15ClN6OS. The fraction of sp³-hybridized carbons (Fsp3) is 0.133. The van der Waals surface area contributed by atoms with Gasteiger partial charge in [-0.3, -0.25) is 4.79 Å². The third-order valence-corrected chi connectivity index (χ3v) is 3.77. The van der Waals surface area contributed by atoms with E-state index in [2.05, 4.69) is 25.3 Å². The Morgan fingerprint density at radius 2 is 1.92 bits per heavy atom. The minimum absolute atomic E-state index is 0. The van der Waals surface area contributed by atoms with Gasteiger partial charge in [-0.15, -0.1) is 23.7 Å². The molecule has 0 fully saturated rings. The van der Waals surface area contributed by atoms with Gasteiger partial charge in [0.15, 0.2) is 5.13 Å². The number of anilines is 1. The number of rotatable bonds is 4. The van der Waals surface area contributed by atoms with Gasteiger partial charge in [0.25, 0.3) is 0 Å². The van der Waals surface area contributed by atoms with Crippen molar-refractivity contribution >= 4 is 34.8 Å². The molecule has 0 aliphatic rings. The molecule has 3 heterocycles. The summed E-state index contributed by atoms with van der Waals surface area (Å²) in [6.45, 7) is 1.83. The Morgan fingerprint density at radius 1 is 1.17 bits per heavy atom. The Bertz CT molecular complexity index is 853. The molecule has 0 unspecified atom stereocenters. The fourth-order valence-corrected chi connectivity index (χ4v) is 2.65. The molecule has 7 nitrogen and oxygen atoms in total. The highest BCUT2D eigenvalue weighted by Gasteiger charge is 2.10. The number of hydrogen-bond donors (Lipinski definition) is 2. The van der Waals surface area contributed by atoms with Crippen molar-refractivity contribution in [3.8, 4) is 22.8 Å². The van der Waals surface area contributed by atoms with Crippen LogP contribution >= 0.6 is 23.7 Å². The predicted molar refractivity (Wildman–Crippen MR) is 96.0 cm³/mol. The zero-order valence-electron chi connectivity index (χ0n) is 12.8. The van der Waals surface area contributed by atoms with Crippen LogP contribution in [0.15, 0.2) is 36.0 Å². The van der Waals surface area contributed by atoms with E-state index < -0.39 is 0 Å². The normalized spacial score (nSPS) is 10.1. The summed E-state index contributed by atoms with van der Waals surface area (Å²) in [4.78, 5) is 28.6. The Kier molecular flexibility index (Phi) is 5.91. The maximum atomic E-state index is 11.3. The molecule has 0 saturated carbocycles. The highest BCUT2D eigenvalue weighted by atomic mass is 35.5. The number of nitrogens with zero attached hydrogens (tertiary/aromatic N) is 4. The summed E-state index contributed by atoms with van der Waals surface area (Å²) in [5.74, 6) is -0.274. The van der Waals surface area contributed by atoms with Crippen LogP contribution in [-0.4, -0.2) is 32.4 Å². The number of pyridine rings is 1. The van der Waals surface area contributed by atoms with E-state index in [0.717, 1.165) is 17.1 Å². The van der Waals surface area contributed by atoms with Crippen LogP contribution < -0.4 is 11.1 Å². The largest absolute Gasteiger partial charge is 0.322 e. The van der Waals surface area contributed by atoms with Crippen molar-refractivity contribution in [1.29, 1.82) is 0 Å². The first-order valence-electron chi connectivity index (χ1n) is 6.87. The first-order valence-corrected chi connectivity index (χ1v) is 7.75. The van der Waals surface area contributed by atoms with Gasteiger partial charge < -0.3 is 11.1 Å². The molecule has 0 spiro atoms. The summed E-state index contributed by atoms with van der Waals surface area (Å²) < 4.78 is 0. The topological polar surface area (TPSA) is 107 Å². The van der Waals surface area contributed by atoms with E-state index >= 15 is 0 Å². The highest BCUT2D eigenvalue weighted by molar-refractivity contribution is 7.14.